The predicted octanol–water partition coefficient (Wildman–Crippen LogP) is 4.88. The Morgan fingerprint density at radius 2 is 1.86 bits per heavy atom. The van der Waals surface area contributed by atoms with E-state index in [4.69, 9.17) is 32.7 Å². The Morgan fingerprint density at radius 3 is 2.55 bits per heavy atom. The molecule has 0 spiro atoms. The van der Waals surface area contributed by atoms with Crippen LogP contribution in [0, 0.1) is 0 Å². The molecule has 1 aliphatic rings. The molecule has 1 fully saturated rings. The van der Waals surface area contributed by atoms with E-state index in [0.29, 0.717) is 40.1 Å². The number of imide groups is 1. The number of hydrogen-bond acceptors (Lipinski definition) is 4. The Bertz CT molecular complexity index is 975. The van der Waals surface area contributed by atoms with Crippen molar-refractivity contribution in [2.24, 2.45) is 0 Å². The number of ether oxygens (including phenoxy) is 2. The maximum absolute atomic E-state index is 12.3. The molecule has 1 heterocycles. The number of nitrogens with zero attached hydrogens (tertiary/aromatic N) is 1. The van der Waals surface area contributed by atoms with E-state index in [-0.39, 0.29) is 18.2 Å². The lowest BCUT2D eigenvalue weighted by molar-refractivity contribution is -0.122. The van der Waals surface area contributed by atoms with Gasteiger partial charge in [0.1, 0.15) is 12.3 Å². The number of urea groups is 1. The monoisotopic (exact) mass is 434 g/mol. The van der Waals surface area contributed by atoms with Crippen LogP contribution in [0.5, 0.6) is 11.5 Å². The van der Waals surface area contributed by atoms with Crippen molar-refractivity contribution in [3.05, 3.63) is 63.3 Å². The smallest absolute Gasteiger partial charge is 0.329 e. The number of benzene rings is 2. The van der Waals surface area contributed by atoms with Crippen molar-refractivity contribution >= 4 is 41.2 Å². The first kappa shape index (κ1) is 21.0. The van der Waals surface area contributed by atoms with Crippen LogP contribution in [0.1, 0.15) is 24.5 Å². The SMILES string of the molecule is CCCN1C(=O)N/C(=C/c2ccc(OCc3ccc(Cl)c(Cl)c3)c(OC)c2)C1=O. The van der Waals surface area contributed by atoms with Gasteiger partial charge in [-0.3, -0.25) is 9.69 Å². The summed E-state index contributed by atoms with van der Waals surface area (Å²) in [6.07, 6.45) is 2.31. The largest absolute Gasteiger partial charge is 0.493 e. The van der Waals surface area contributed by atoms with Gasteiger partial charge in [-0.2, -0.15) is 0 Å². The van der Waals surface area contributed by atoms with Gasteiger partial charge in [0.2, 0.25) is 0 Å². The highest BCUT2D eigenvalue weighted by atomic mass is 35.5. The summed E-state index contributed by atoms with van der Waals surface area (Å²) in [5.41, 5.74) is 1.80. The Kier molecular flexibility index (Phi) is 6.67. The van der Waals surface area contributed by atoms with Crippen molar-refractivity contribution in [1.29, 1.82) is 0 Å². The molecule has 3 amide bonds. The fourth-order valence-corrected chi connectivity index (χ4v) is 3.17. The minimum absolute atomic E-state index is 0.231. The topological polar surface area (TPSA) is 67.9 Å². The fourth-order valence-electron chi connectivity index (χ4n) is 2.85. The van der Waals surface area contributed by atoms with E-state index in [1.54, 1.807) is 36.4 Å². The van der Waals surface area contributed by atoms with Crippen LogP contribution < -0.4 is 14.8 Å². The molecule has 1 N–H and O–H groups in total. The molecular weight excluding hydrogens is 415 g/mol. The van der Waals surface area contributed by atoms with E-state index in [9.17, 15) is 9.59 Å². The Hall–Kier alpha value is -2.70. The number of nitrogens with one attached hydrogen (secondary N) is 1. The molecule has 1 saturated heterocycles. The predicted molar refractivity (Wildman–Crippen MR) is 112 cm³/mol. The lowest BCUT2D eigenvalue weighted by Gasteiger charge is -2.12. The molecule has 0 aliphatic carbocycles. The fraction of sp³-hybridized carbons (Fsp3) is 0.238. The zero-order valence-corrected chi connectivity index (χ0v) is 17.5. The van der Waals surface area contributed by atoms with Crippen molar-refractivity contribution in [2.75, 3.05) is 13.7 Å². The van der Waals surface area contributed by atoms with Gasteiger partial charge in [-0.15, -0.1) is 0 Å². The van der Waals surface area contributed by atoms with E-state index in [2.05, 4.69) is 5.32 Å². The first-order valence-electron chi connectivity index (χ1n) is 9.02. The third-order valence-corrected chi connectivity index (χ3v) is 5.03. The third-order valence-electron chi connectivity index (χ3n) is 4.29. The average molecular weight is 435 g/mol. The summed E-state index contributed by atoms with van der Waals surface area (Å²) in [6.45, 7) is 2.57. The molecule has 0 unspecified atom stereocenters. The maximum Gasteiger partial charge on any atom is 0.329 e. The molecule has 8 heteroatoms. The van der Waals surface area contributed by atoms with E-state index >= 15 is 0 Å². The molecule has 3 rings (SSSR count). The zero-order chi connectivity index (χ0) is 21.0. The highest BCUT2D eigenvalue weighted by Crippen LogP contribution is 2.31. The molecule has 0 aromatic heterocycles. The lowest BCUT2D eigenvalue weighted by atomic mass is 10.1. The van der Waals surface area contributed by atoms with E-state index in [1.807, 2.05) is 13.0 Å². The Morgan fingerprint density at radius 1 is 1.07 bits per heavy atom. The number of carbonyl (C=O) groups is 2. The highest BCUT2D eigenvalue weighted by Gasteiger charge is 2.32. The Labute approximate surface area is 179 Å². The average Bonchev–Trinajstić information content (AvgIpc) is 2.97. The number of carbonyl (C=O) groups excluding carboxylic acids is 2. The summed E-state index contributed by atoms with van der Waals surface area (Å²) in [5.74, 6) is 0.701. The molecule has 0 saturated carbocycles. The lowest BCUT2D eigenvalue weighted by Crippen LogP contribution is -2.31. The van der Waals surface area contributed by atoms with Crippen LogP contribution in [-0.2, 0) is 11.4 Å². The number of methoxy groups -OCH3 is 1. The van der Waals surface area contributed by atoms with Crippen LogP contribution in [0.25, 0.3) is 6.08 Å². The van der Waals surface area contributed by atoms with Gasteiger partial charge in [0.25, 0.3) is 5.91 Å². The van der Waals surface area contributed by atoms with Crippen LogP contribution in [-0.4, -0.2) is 30.5 Å². The van der Waals surface area contributed by atoms with Gasteiger partial charge in [0, 0.05) is 6.54 Å². The molecular formula is C21H20Cl2N2O4. The molecule has 2 aromatic rings. The van der Waals surface area contributed by atoms with Gasteiger partial charge in [-0.05, 0) is 47.9 Å². The number of hydrogen-bond donors (Lipinski definition) is 1. The van der Waals surface area contributed by atoms with Crippen LogP contribution in [0.15, 0.2) is 42.1 Å². The summed E-state index contributed by atoms with van der Waals surface area (Å²) < 4.78 is 11.2. The zero-order valence-electron chi connectivity index (χ0n) is 16.0. The normalized spacial score (nSPS) is 15.0. The number of rotatable bonds is 7. The van der Waals surface area contributed by atoms with Gasteiger partial charge in [0.05, 0.1) is 17.2 Å². The second kappa shape index (κ2) is 9.20. The van der Waals surface area contributed by atoms with Gasteiger partial charge >= 0.3 is 6.03 Å². The second-order valence-corrected chi connectivity index (χ2v) is 7.21. The van der Waals surface area contributed by atoms with Crippen LogP contribution >= 0.6 is 23.2 Å². The third kappa shape index (κ3) is 4.83. The molecule has 29 heavy (non-hydrogen) atoms. The van der Waals surface area contributed by atoms with Crippen LogP contribution in [0.4, 0.5) is 4.79 Å². The number of halogens is 2. The molecule has 6 nitrogen and oxygen atoms in total. The summed E-state index contributed by atoms with van der Waals surface area (Å²) in [5, 5.41) is 3.54. The van der Waals surface area contributed by atoms with Crippen molar-refractivity contribution in [1.82, 2.24) is 10.2 Å². The summed E-state index contributed by atoms with van der Waals surface area (Å²) in [7, 11) is 1.53. The van der Waals surface area contributed by atoms with Crippen LogP contribution in [0.3, 0.4) is 0 Å². The van der Waals surface area contributed by atoms with E-state index in [1.165, 1.54) is 12.0 Å². The standard InChI is InChI=1S/C21H20Cl2N2O4/c1-3-8-25-20(26)17(24-21(25)27)10-13-5-7-18(19(11-13)28-2)29-12-14-4-6-15(22)16(23)9-14/h4-7,9-11H,3,8,12H2,1-2H3,(H,24,27)/b17-10+. The van der Waals surface area contributed by atoms with Crippen molar-refractivity contribution in [3.63, 3.8) is 0 Å². The minimum atomic E-state index is -0.406. The minimum Gasteiger partial charge on any atom is -0.493 e. The molecule has 1 aliphatic heterocycles. The van der Waals surface area contributed by atoms with Crippen molar-refractivity contribution in [3.8, 4) is 11.5 Å². The second-order valence-electron chi connectivity index (χ2n) is 6.39. The van der Waals surface area contributed by atoms with E-state index in [0.717, 1.165) is 5.56 Å². The maximum atomic E-state index is 12.3. The van der Waals surface area contributed by atoms with Crippen molar-refractivity contribution in [2.45, 2.75) is 20.0 Å². The first-order chi connectivity index (χ1) is 13.9. The summed E-state index contributed by atoms with van der Waals surface area (Å²) >= 11 is 12.0. The van der Waals surface area contributed by atoms with Crippen LogP contribution in [0.2, 0.25) is 10.0 Å². The molecule has 0 radical (unpaired) electrons. The Balaban J connectivity index is 1.76. The van der Waals surface area contributed by atoms with E-state index < -0.39 is 6.03 Å². The molecule has 0 bridgehead atoms. The molecule has 2 aromatic carbocycles. The molecule has 0 atom stereocenters. The molecule has 152 valence electrons. The van der Waals surface area contributed by atoms with Gasteiger partial charge in [-0.25, -0.2) is 4.79 Å². The summed E-state index contributed by atoms with van der Waals surface area (Å²) in [4.78, 5) is 25.4. The number of amides is 3. The summed E-state index contributed by atoms with van der Waals surface area (Å²) in [6, 6.07) is 10.1. The van der Waals surface area contributed by atoms with Gasteiger partial charge < -0.3 is 14.8 Å². The highest BCUT2D eigenvalue weighted by molar-refractivity contribution is 6.42. The van der Waals surface area contributed by atoms with Gasteiger partial charge in [-0.1, -0.05) is 42.3 Å². The van der Waals surface area contributed by atoms with Gasteiger partial charge in [0.15, 0.2) is 11.5 Å². The quantitative estimate of drug-likeness (QED) is 0.497. The van der Waals surface area contributed by atoms with Crippen molar-refractivity contribution < 1.29 is 19.1 Å². The first-order valence-corrected chi connectivity index (χ1v) is 9.77.